The average Bonchev–Trinajstić information content (AvgIpc) is 2.90. The lowest BCUT2D eigenvalue weighted by molar-refractivity contribution is 0.180. The lowest BCUT2D eigenvalue weighted by Crippen LogP contribution is -2.14. The molecular formula is C13H16O2S. The molecule has 1 aromatic carbocycles. The van der Waals surface area contributed by atoms with Gasteiger partial charge in [0.15, 0.2) is 0 Å². The summed E-state index contributed by atoms with van der Waals surface area (Å²) < 4.78 is 5.93. The zero-order valence-corrected chi connectivity index (χ0v) is 10.0. The summed E-state index contributed by atoms with van der Waals surface area (Å²) in [6, 6.07) is 6.12. The van der Waals surface area contributed by atoms with Crippen LogP contribution in [0, 0.1) is 0 Å². The van der Waals surface area contributed by atoms with Gasteiger partial charge in [0.2, 0.25) is 0 Å². The second kappa shape index (κ2) is 4.30. The Hall–Kier alpha value is -0.670. The molecule has 16 heavy (non-hydrogen) atoms. The van der Waals surface area contributed by atoms with Gasteiger partial charge < -0.3 is 9.84 Å². The second-order valence-corrected chi connectivity index (χ2v) is 5.67. The van der Waals surface area contributed by atoms with E-state index in [2.05, 4.69) is 6.07 Å². The van der Waals surface area contributed by atoms with Gasteiger partial charge in [0.05, 0.1) is 6.10 Å². The standard InChI is InChI=1S/C13H16O2S/c14-13-4-1-9-7-10(2-3-12(9)13)15-11-5-6-16-8-11/h2-3,7,11,13-14H,1,4-6,8H2. The molecule has 1 aromatic rings. The Kier molecular flexibility index (Phi) is 2.82. The molecule has 2 atom stereocenters. The van der Waals surface area contributed by atoms with Gasteiger partial charge in [-0.15, -0.1) is 0 Å². The first kappa shape index (κ1) is 10.5. The first-order valence-corrected chi connectivity index (χ1v) is 7.04. The van der Waals surface area contributed by atoms with Crippen LogP contribution >= 0.6 is 11.8 Å². The van der Waals surface area contributed by atoms with E-state index in [0.717, 1.165) is 36.3 Å². The van der Waals surface area contributed by atoms with Crippen molar-refractivity contribution >= 4 is 11.8 Å². The summed E-state index contributed by atoms with van der Waals surface area (Å²) in [5.41, 5.74) is 2.35. The van der Waals surface area contributed by atoms with Crippen LogP contribution in [-0.2, 0) is 6.42 Å². The van der Waals surface area contributed by atoms with E-state index < -0.39 is 0 Å². The number of rotatable bonds is 2. The van der Waals surface area contributed by atoms with Crippen LogP contribution in [0.15, 0.2) is 18.2 Å². The topological polar surface area (TPSA) is 29.5 Å². The van der Waals surface area contributed by atoms with E-state index >= 15 is 0 Å². The first-order chi connectivity index (χ1) is 7.83. The predicted molar refractivity (Wildman–Crippen MR) is 66.1 cm³/mol. The molecule has 0 spiro atoms. The van der Waals surface area contributed by atoms with Gasteiger partial charge in [-0.1, -0.05) is 6.07 Å². The van der Waals surface area contributed by atoms with Crippen molar-refractivity contribution in [3.05, 3.63) is 29.3 Å². The third-order valence-corrected chi connectivity index (χ3v) is 4.48. The van der Waals surface area contributed by atoms with E-state index in [-0.39, 0.29) is 6.10 Å². The molecule has 0 aromatic heterocycles. The van der Waals surface area contributed by atoms with Crippen LogP contribution in [0.1, 0.15) is 30.1 Å². The molecule has 3 rings (SSSR count). The monoisotopic (exact) mass is 236 g/mol. The summed E-state index contributed by atoms with van der Waals surface area (Å²) in [6.45, 7) is 0. The molecule has 1 aliphatic carbocycles. The molecular weight excluding hydrogens is 220 g/mol. The largest absolute Gasteiger partial charge is 0.490 e. The second-order valence-electron chi connectivity index (χ2n) is 4.52. The zero-order chi connectivity index (χ0) is 11.0. The van der Waals surface area contributed by atoms with Crippen LogP contribution in [-0.4, -0.2) is 22.7 Å². The van der Waals surface area contributed by atoms with E-state index in [4.69, 9.17) is 4.74 Å². The van der Waals surface area contributed by atoms with Gasteiger partial charge in [-0.2, -0.15) is 11.8 Å². The number of aryl methyl sites for hydroxylation is 1. The molecule has 1 saturated heterocycles. The highest BCUT2D eigenvalue weighted by Crippen LogP contribution is 2.34. The van der Waals surface area contributed by atoms with Crippen molar-refractivity contribution < 1.29 is 9.84 Å². The van der Waals surface area contributed by atoms with Crippen LogP contribution < -0.4 is 4.74 Å². The lowest BCUT2D eigenvalue weighted by Gasteiger charge is -2.13. The number of thioether (sulfide) groups is 1. The fourth-order valence-electron chi connectivity index (χ4n) is 2.44. The van der Waals surface area contributed by atoms with Crippen molar-refractivity contribution in [2.75, 3.05) is 11.5 Å². The quantitative estimate of drug-likeness (QED) is 0.855. The molecule has 2 aliphatic rings. The minimum Gasteiger partial charge on any atom is -0.490 e. The number of hydrogen-bond acceptors (Lipinski definition) is 3. The predicted octanol–water partition coefficient (Wildman–Crippen LogP) is 2.55. The Labute approximate surface area is 100 Å². The Bertz CT molecular complexity index is 386. The number of aliphatic hydroxyl groups is 1. The van der Waals surface area contributed by atoms with Gasteiger partial charge in [-0.3, -0.25) is 0 Å². The summed E-state index contributed by atoms with van der Waals surface area (Å²) >= 11 is 1.96. The van der Waals surface area contributed by atoms with Crippen molar-refractivity contribution in [3.63, 3.8) is 0 Å². The summed E-state index contributed by atoms with van der Waals surface area (Å²) in [4.78, 5) is 0. The third kappa shape index (κ3) is 1.94. The molecule has 1 fully saturated rings. The molecule has 2 nitrogen and oxygen atoms in total. The molecule has 2 unspecified atom stereocenters. The minimum absolute atomic E-state index is 0.258. The number of aliphatic hydroxyl groups excluding tert-OH is 1. The molecule has 0 amide bonds. The number of benzene rings is 1. The molecule has 1 N–H and O–H groups in total. The number of fused-ring (bicyclic) bond motifs is 1. The summed E-state index contributed by atoms with van der Waals surface area (Å²) in [6.07, 6.45) is 3.12. The maximum Gasteiger partial charge on any atom is 0.120 e. The van der Waals surface area contributed by atoms with Crippen LogP contribution in [0.5, 0.6) is 5.75 Å². The third-order valence-electron chi connectivity index (χ3n) is 3.35. The van der Waals surface area contributed by atoms with Crippen LogP contribution in [0.3, 0.4) is 0 Å². The molecule has 3 heteroatoms. The zero-order valence-electron chi connectivity index (χ0n) is 9.19. The van der Waals surface area contributed by atoms with E-state index in [1.807, 2.05) is 23.9 Å². The summed E-state index contributed by atoms with van der Waals surface area (Å²) in [7, 11) is 0. The van der Waals surface area contributed by atoms with Gasteiger partial charge >= 0.3 is 0 Å². The Morgan fingerprint density at radius 2 is 2.25 bits per heavy atom. The van der Waals surface area contributed by atoms with Gasteiger partial charge in [0, 0.05) is 5.75 Å². The average molecular weight is 236 g/mol. The van der Waals surface area contributed by atoms with Crippen molar-refractivity contribution in [2.24, 2.45) is 0 Å². The van der Waals surface area contributed by atoms with E-state index in [1.165, 1.54) is 11.3 Å². The van der Waals surface area contributed by atoms with Gasteiger partial charge in [0.25, 0.3) is 0 Å². The van der Waals surface area contributed by atoms with Crippen molar-refractivity contribution in [1.82, 2.24) is 0 Å². The Balaban J connectivity index is 1.76. The highest BCUT2D eigenvalue weighted by molar-refractivity contribution is 7.99. The summed E-state index contributed by atoms with van der Waals surface area (Å²) in [5.74, 6) is 3.30. The molecule has 0 bridgehead atoms. The smallest absolute Gasteiger partial charge is 0.120 e. The molecule has 86 valence electrons. The van der Waals surface area contributed by atoms with Gasteiger partial charge in [-0.05, 0) is 48.3 Å². The lowest BCUT2D eigenvalue weighted by atomic mass is 10.1. The Morgan fingerprint density at radius 1 is 1.31 bits per heavy atom. The Morgan fingerprint density at radius 3 is 3.06 bits per heavy atom. The van der Waals surface area contributed by atoms with E-state index in [1.54, 1.807) is 0 Å². The highest BCUT2D eigenvalue weighted by Gasteiger charge is 2.22. The maximum atomic E-state index is 9.71. The molecule has 1 heterocycles. The SMILES string of the molecule is OC1CCc2cc(OC3CCSC3)ccc21. The fourth-order valence-corrected chi connectivity index (χ4v) is 3.54. The van der Waals surface area contributed by atoms with Crippen LogP contribution in [0.25, 0.3) is 0 Å². The summed E-state index contributed by atoms with van der Waals surface area (Å²) in [5, 5.41) is 9.71. The van der Waals surface area contributed by atoms with Crippen LogP contribution in [0.4, 0.5) is 0 Å². The van der Waals surface area contributed by atoms with Crippen molar-refractivity contribution in [3.8, 4) is 5.75 Å². The van der Waals surface area contributed by atoms with Gasteiger partial charge in [0.1, 0.15) is 11.9 Å². The number of ether oxygens (including phenoxy) is 1. The van der Waals surface area contributed by atoms with Crippen LogP contribution in [0.2, 0.25) is 0 Å². The van der Waals surface area contributed by atoms with Gasteiger partial charge in [-0.25, -0.2) is 0 Å². The first-order valence-electron chi connectivity index (χ1n) is 5.88. The molecule has 1 aliphatic heterocycles. The maximum absolute atomic E-state index is 9.71. The van der Waals surface area contributed by atoms with Crippen molar-refractivity contribution in [2.45, 2.75) is 31.5 Å². The van der Waals surface area contributed by atoms with E-state index in [9.17, 15) is 5.11 Å². The number of hydrogen-bond donors (Lipinski definition) is 1. The normalized spacial score (nSPS) is 28.1. The van der Waals surface area contributed by atoms with Crippen molar-refractivity contribution in [1.29, 1.82) is 0 Å². The minimum atomic E-state index is -0.258. The van der Waals surface area contributed by atoms with E-state index in [0.29, 0.717) is 6.10 Å². The fraction of sp³-hybridized carbons (Fsp3) is 0.538. The molecule has 0 radical (unpaired) electrons. The highest BCUT2D eigenvalue weighted by atomic mass is 32.2. The molecule has 0 saturated carbocycles.